The molecule has 0 spiro atoms. The quantitative estimate of drug-likeness (QED) is 0.444. The molecular formula is C21H18F2N2O5. The molecule has 3 amide bonds. The van der Waals surface area contributed by atoms with E-state index < -0.39 is 54.0 Å². The summed E-state index contributed by atoms with van der Waals surface area (Å²) in [6.07, 6.45) is 0. The molecule has 1 atom stereocenters. The number of hydrogen-bond acceptors (Lipinski definition) is 5. The number of esters is 1. The van der Waals surface area contributed by atoms with Crippen molar-refractivity contribution >= 4 is 23.7 Å². The first-order valence-electron chi connectivity index (χ1n) is 8.97. The Bertz CT molecular complexity index is 1040. The van der Waals surface area contributed by atoms with Gasteiger partial charge in [0, 0.05) is 5.56 Å². The molecule has 1 heterocycles. The molecule has 1 aliphatic rings. The van der Waals surface area contributed by atoms with Crippen molar-refractivity contribution in [1.29, 1.82) is 0 Å². The molecule has 0 saturated carbocycles. The zero-order valence-corrected chi connectivity index (χ0v) is 16.2. The van der Waals surface area contributed by atoms with Gasteiger partial charge in [-0.2, -0.15) is 0 Å². The predicted octanol–water partition coefficient (Wildman–Crippen LogP) is 2.47. The molecule has 0 unspecified atom stereocenters. The number of hydrogen-bond donors (Lipinski definition) is 1. The number of carbonyl (C=O) groups excluding carboxylic acids is 4. The highest BCUT2D eigenvalue weighted by Crippen LogP contribution is 2.28. The van der Waals surface area contributed by atoms with Crippen LogP contribution in [0, 0.1) is 18.6 Å². The molecule has 0 radical (unpaired) electrons. The van der Waals surface area contributed by atoms with Crippen molar-refractivity contribution in [3.05, 3.63) is 70.8 Å². The Kier molecular flexibility index (Phi) is 5.64. The highest BCUT2D eigenvalue weighted by atomic mass is 19.2. The van der Waals surface area contributed by atoms with Gasteiger partial charge in [-0.15, -0.1) is 0 Å². The lowest BCUT2D eigenvalue weighted by Crippen LogP contribution is -2.41. The summed E-state index contributed by atoms with van der Waals surface area (Å²) < 4.78 is 30.9. The fourth-order valence-electron chi connectivity index (χ4n) is 3.00. The molecule has 7 nitrogen and oxygen atoms in total. The van der Waals surface area contributed by atoms with Gasteiger partial charge in [0.25, 0.3) is 5.91 Å². The van der Waals surface area contributed by atoms with Gasteiger partial charge in [0.1, 0.15) is 12.1 Å². The fourth-order valence-corrected chi connectivity index (χ4v) is 3.00. The molecule has 1 fully saturated rings. The van der Waals surface area contributed by atoms with Crippen LogP contribution in [0.15, 0.2) is 42.5 Å². The van der Waals surface area contributed by atoms with Gasteiger partial charge in [0.2, 0.25) is 0 Å². The Hall–Kier alpha value is -3.62. The Balaban J connectivity index is 1.63. The molecule has 2 aromatic carbocycles. The van der Waals surface area contributed by atoms with Crippen molar-refractivity contribution in [2.24, 2.45) is 0 Å². The first-order valence-corrected chi connectivity index (χ1v) is 8.97. The van der Waals surface area contributed by atoms with E-state index in [0.29, 0.717) is 16.5 Å². The molecule has 9 heteroatoms. The van der Waals surface area contributed by atoms with E-state index in [1.54, 1.807) is 24.3 Å². The molecular weight excluding hydrogens is 398 g/mol. The Morgan fingerprint density at radius 2 is 1.73 bits per heavy atom. The summed E-state index contributed by atoms with van der Waals surface area (Å²) >= 11 is 0. The number of Topliss-reactive ketones (excluding diaryl/α,β-unsaturated/α-hetero) is 1. The van der Waals surface area contributed by atoms with Gasteiger partial charge in [-0.3, -0.25) is 19.3 Å². The molecule has 30 heavy (non-hydrogen) atoms. The second-order valence-electron chi connectivity index (χ2n) is 7.03. The minimum atomic E-state index is -1.34. The fraction of sp³-hybridized carbons (Fsp3) is 0.238. The van der Waals surface area contributed by atoms with Crippen molar-refractivity contribution in [2.75, 3.05) is 13.2 Å². The zero-order chi connectivity index (χ0) is 22.1. The highest BCUT2D eigenvalue weighted by molar-refractivity contribution is 6.09. The Morgan fingerprint density at radius 1 is 1.07 bits per heavy atom. The van der Waals surface area contributed by atoms with Gasteiger partial charge in [-0.1, -0.05) is 29.8 Å². The Labute approximate surface area is 170 Å². The first kappa shape index (κ1) is 21.1. The van der Waals surface area contributed by atoms with Gasteiger partial charge >= 0.3 is 12.0 Å². The lowest BCUT2D eigenvalue weighted by Gasteiger charge is -2.22. The predicted molar refractivity (Wildman–Crippen MR) is 100 cm³/mol. The molecule has 2 aromatic rings. The summed E-state index contributed by atoms with van der Waals surface area (Å²) in [4.78, 5) is 49.7. The number of aryl methyl sites for hydroxylation is 1. The van der Waals surface area contributed by atoms with Gasteiger partial charge in [0.05, 0.1) is 0 Å². The highest BCUT2D eigenvalue weighted by Gasteiger charge is 2.49. The number of benzene rings is 2. The number of imide groups is 1. The van der Waals surface area contributed by atoms with E-state index in [-0.39, 0.29) is 5.56 Å². The molecule has 3 rings (SSSR count). The van der Waals surface area contributed by atoms with Crippen molar-refractivity contribution < 1.29 is 32.7 Å². The smallest absolute Gasteiger partial charge is 0.326 e. The number of carbonyl (C=O) groups is 4. The van der Waals surface area contributed by atoms with Crippen LogP contribution in [0.5, 0.6) is 0 Å². The third-order valence-corrected chi connectivity index (χ3v) is 4.80. The average molecular weight is 416 g/mol. The van der Waals surface area contributed by atoms with Crippen LogP contribution in [0.3, 0.4) is 0 Å². The normalized spacial score (nSPS) is 18.3. The summed E-state index contributed by atoms with van der Waals surface area (Å²) in [5.74, 6) is -4.72. The van der Waals surface area contributed by atoms with Crippen LogP contribution in [0.1, 0.15) is 28.4 Å². The maximum Gasteiger partial charge on any atom is 0.326 e. The summed E-state index contributed by atoms with van der Waals surface area (Å²) in [6.45, 7) is 1.96. The summed E-state index contributed by atoms with van der Waals surface area (Å²) in [7, 11) is 0. The molecule has 1 aliphatic heterocycles. The van der Waals surface area contributed by atoms with E-state index in [4.69, 9.17) is 4.74 Å². The van der Waals surface area contributed by atoms with Gasteiger partial charge < -0.3 is 10.1 Å². The monoisotopic (exact) mass is 416 g/mol. The van der Waals surface area contributed by atoms with Gasteiger partial charge in [-0.05, 0) is 37.6 Å². The summed E-state index contributed by atoms with van der Waals surface area (Å²) in [5, 5.41) is 2.56. The number of urea groups is 1. The van der Waals surface area contributed by atoms with Crippen molar-refractivity contribution in [3.63, 3.8) is 0 Å². The third kappa shape index (κ3) is 4.05. The Morgan fingerprint density at radius 3 is 2.37 bits per heavy atom. The lowest BCUT2D eigenvalue weighted by atomic mass is 9.91. The number of rotatable bonds is 6. The molecule has 1 saturated heterocycles. The van der Waals surface area contributed by atoms with E-state index in [0.717, 1.165) is 17.7 Å². The topological polar surface area (TPSA) is 92.8 Å². The largest absolute Gasteiger partial charge is 0.456 e. The zero-order valence-electron chi connectivity index (χ0n) is 16.2. The van der Waals surface area contributed by atoms with E-state index in [9.17, 15) is 28.0 Å². The van der Waals surface area contributed by atoms with E-state index in [2.05, 4.69) is 5.32 Å². The van der Waals surface area contributed by atoms with Crippen molar-refractivity contribution in [2.45, 2.75) is 19.4 Å². The van der Waals surface area contributed by atoms with Crippen molar-refractivity contribution in [3.8, 4) is 0 Å². The molecule has 156 valence electrons. The maximum absolute atomic E-state index is 13.2. The number of ether oxygens (including phenoxy) is 1. The van der Waals surface area contributed by atoms with Gasteiger partial charge in [-0.25, -0.2) is 13.6 Å². The summed E-state index contributed by atoms with van der Waals surface area (Å²) in [5.41, 5.74) is 0.0108. The van der Waals surface area contributed by atoms with E-state index in [1.807, 2.05) is 6.92 Å². The SMILES string of the molecule is Cc1ccc([C@@]2(C)NC(=O)N(CC(=O)OCC(=O)c3ccc(F)c(F)c3)C2=O)cc1. The van der Waals surface area contributed by atoms with Crippen LogP contribution in [0.25, 0.3) is 0 Å². The van der Waals surface area contributed by atoms with Crippen LogP contribution in [0.2, 0.25) is 0 Å². The minimum Gasteiger partial charge on any atom is -0.456 e. The second kappa shape index (κ2) is 8.02. The molecule has 0 aromatic heterocycles. The number of ketones is 1. The van der Waals surface area contributed by atoms with E-state index >= 15 is 0 Å². The van der Waals surface area contributed by atoms with E-state index in [1.165, 1.54) is 6.92 Å². The first-order chi connectivity index (χ1) is 14.1. The molecule has 1 N–H and O–H groups in total. The lowest BCUT2D eigenvalue weighted by molar-refractivity contribution is -0.146. The van der Waals surface area contributed by atoms with Gasteiger partial charge in [0.15, 0.2) is 24.0 Å². The van der Waals surface area contributed by atoms with Crippen molar-refractivity contribution in [1.82, 2.24) is 10.2 Å². The summed E-state index contributed by atoms with van der Waals surface area (Å²) in [6, 6.07) is 8.75. The number of nitrogens with zero attached hydrogens (tertiary/aromatic N) is 1. The maximum atomic E-state index is 13.2. The number of amides is 3. The second-order valence-corrected chi connectivity index (χ2v) is 7.03. The molecule has 0 aliphatic carbocycles. The van der Waals surface area contributed by atoms with Crippen LogP contribution < -0.4 is 5.32 Å². The minimum absolute atomic E-state index is 0.177. The van der Waals surface area contributed by atoms with Crippen LogP contribution in [-0.2, 0) is 19.9 Å². The van der Waals surface area contributed by atoms with Crippen LogP contribution >= 0.6 is 0 Å². The van der Waals surface area contributed by atoms with Crippen LogP contribution in [-0.4, -0.2) is 41.7 Å². The molecule has 0 bridgehead atoms. The third-order valence-electron chi connectivity index (χ3n) is 4.80. The number of halogens is 2. The average Bonchev–Trinajstić information content (AvgIpc) is 2.92. The van der Waals surface area contributed by atoms with Crippen LogP contribution in [0.4, 0.5) is 13.6 Å². The standard InChI is InChI=1S/C21H18F2N2O5/c1-12-3-6-14(7-4-12)21(2)19(28)25(20(29)24-21)10-18(27)30-11-17(26)13-5-8-15(22)16(23)9-13/h3-9H,10-11H2,1-2H3,(H,24,29)/t21-/m1/s1. The number of nitrogens with one attached hydrogen (secondary N) is 1.